The summed E-state index contributed by atoms with van der Waals surface area (Å²) in [5.41, 5.74) is 7.46. The average Bonchev–Trinajstić information content (AvgIpc) is 3.02. The van der Waals surface area contributed by atoms with E-state index in [9.17, 15) is 9.59 Å². The van der Waals surface area contributed by atoms with E-state index >= 15 is 0 Å². The summed E-state index contributed by atoms with van der Waals surface area (Å²) in [7, 11) is 0. The zero-order valence-corrected chi connectivity index (χ0v) is 10.7. The highest BCUT2D eigenvalue weighted by Crippen LogP contribution is 2.27. The third-order valence-corrected chi connectivity index (χ3v) is 3.35. The summed E-state index contributed by atoms with van der Waals surface area (Å²) in [6.45, 7) is -0.0255. The summed E-state index contributed by atoms with van der Waals surface area (Å²) in [5.74, 6) is -0.929. The van der Waals surface area contributed by atoms with Gasteiger partial charge < -0.3 is 15.9 Å². The van der Waals surface area contributed by atoms with Crippen LogP contribution >= 0.6 is 0 Å². The maximum atomic E-state index is 11.1. The molecule has 0 aromatic carbocycles. The standard InChI is InChI=1S/C12H11N5O4/c13-10-8-2-1-7(17(8)15-5-14-10)6-3-9(11(18)19)16(4-6)12(20)21/h1-3,5,9H,4H2,(H,18,19)(H,20,21)(H2,13,14,15). The molecule has 3 rings (SSSR count). The molecule has 3 heterocycles. The molecule has 0 bridgehead atoms. The first-order valence-electron chi connectivity index (χ1n) is 6.00. The van der Waals surface area contributed by atoms with Gasteiger partial charge in [-0.2, -0.15) is 5.10 Å². The van der Waals surface area contributed by atoms with E-state index in [1.807, 2.05) is 0 Å². The van der Waals surface area contributed by atoms with Crippen LogP contribution in [-0.4, -0.2) is 54.4 Å². The molecule has 9 nitrogen and oxygen atoms in total. The van der Waals surface area contributed by atoms with Gasteiger partial charge in [0.15, 0.2) is 11.9 Å². The van der Waals surface area contributed by atoms with Gasteiger partial charge in [-0.25, -0.2) is 19.1 Å². The van der Waals surface area contributed by atoms with Gasteiger partial charge in [0.2, 0.25) is 0 Å². The largest absolute Gasteiger partial charge is 0.479 e. The minimum Gasteiger partial charge on any atom is -0.479 e. The second kappa shape index (κ2) is 4.47. The van der Waals surface area contributed by atoms with E-state index in [0.29, 0.717) is 22.6 Å². The van der Waals surface area contributed by atoms with Crippen molar-refractivity contribution in [1.29, 1.82) is 0 Å². The molecule has 0 aliphatic carbocycles. The van der Waals surface area contributed by atoms with Gasteiger partial charge in [-0.15, -0.1) is 0 Å². The van der Waals surface area contributed by atoms with Crippen molar-refractivity contribution in [2.45, 2.75) is 6.04 Å². The SMILES string of the molecule is Nc1ncnn2c(C3=CC(C(=O)O)N(C(=O)O)C3)ccc12. The van der Waals surface area contributed by atoms with Crippen LogP contribution < -0.4 is 5.73 Å². The Kier molecular flexibility index (Phi) is 2.75. The van der Waals surface area contributed by atoms with Crippen LogP contribution in [0.15, 0.2) is 24.5 Å². The number of nitrogens with two attached hydrogens (primary N) is 1. The maximum Gasteiger partial charge on any atom is 0.408 e. The molecule has 2 aromatic rings. The fourth-order valence-corrected chi connectivity index (χ4v) is 2.37. The quantitative estimate of drug-likeness (QED) is 0.715. The van der Waals surface area contributed by atoms with Crippen molar-refractivity contribution in [2.24, 2.45) is 0 Å². The van der Waals surface area contributed by atoms with Crippen molar-refractivity contribution < 1.29 is 19.8 Å². The first kappa shape index (κ1) is 12.9. The summed E-state index contributed by atoms with van der Waals surface area (Å²) in [6, 6.07) is 2.20. The Morgan fingerprint density at radius 3 is 2.71 bits per heavy atom. The minimum atomic E-state index is -1.29. The first-order valence-corrected chi connectivity index (χ1v) is 6.00. The summed E-state index contributed by atoms with van der Waals surface area (Å²) >= 11 is 0. The molecule has 1 aliphatic rings. The Balaban J connectivity index is 2.07. The zero-order valence-electron chi connectivity index (χ0n) is 10.7. The Morgan fingerprint density at radius 2 is 2.10 bits per heavy atom. The highest BCUT2D eigenvalue weighted by molar-refractivity contribution is 5.89. The average molecular weight is 289 g/mol. The number of nitrogens with zero attached hydrogens (tertiary/aromatic N) is 4. The van der Waals surface area contributed by atoms with E-state index in [1.54, 1.807) is 12.1 Å². The molecule has 0 saturated carbocycles. The van der Waals surface area contributed by atoms with Crippen LogP contribution in [0.5, 0.6) is 0 Å². The molecule has 1 aliphatic heterocycles. The van der Waals surface area contributed by atoms with Crippen molar-refractivity contribution in [3.63, 3.8) is 0 Å². The number of carboxylic acids is 1. The van der Waals surface area contributed by atoms with Gasteiger partial charge in [-0.05, 0) is 23.8 Å². The van der Waals surface area contributed by atoms with Gasteiger partial charge >= 0.3 is 12.1 Å². The summed E-state index contributed by atoms with van der Waals surface area (Å²) in [4.78, 5) is 27.0. The lowest BCUT2D eigenvalue weighted by molar-refractivity contribution is -0.140. The predicted molar refractivity (Wildman–Crippen MR) is 71.5 cm³/mol. The lowest BCUT2D eigenvalue weighted by Gasteiger charge is -2.17. The van der Waals surface area contributed by atoms with Crippen LogP contribution in [0, 0.1) is 0 Å². The number of fused-ring (bicyclic) bond motifs is 1. The van der Waals surface area contributed by atoms with Gasteiger partial charge in [0.1, 0.15) is 11.8 Å². The topological polar surface area (TPSA) is 134 Å². The molecule has 1 atom stereocenters. The number of carboxylic acid groups (broad SMARTS) is 2. The van der Waals surface area contributed by atoms with E-state index in [4.69, 9.17) is 15.9 Å². The predicted octanol–water partition coefficient (Wildman–Crippen LogP) is 0.142. The second-order valence-electron chi connectivity index (χ2n) is 4.55. The molecule has 0 saturated heterocycles. The highest BCUT2D eigenvalue weighted by Gasteiger charge is 2.35. The molecule has 0 radical (unpaired) electrons. The molecule has 108 valence electrons. The zero-order chi connectivity index (χ0) is 15.1. The van der Waals surface area contributed by atoms with Crippen LogP contribution in [0.25, 0.3) is 11.1 Å². The van der Waals surface area contributed by atoms with Crippen molar-refractivity contribution in [3.05, 3.63) is 30.2 Å². The number of amides is 1. The highest BCUT2D eigenvalue weighted by atomic mass is 16.4. The van der Waals surface area contributed by atoms with Crippen LogP contribution in [0.2, 0.25) is 0 Å². The second-order valence-corrected chi connectivity index (χ2v) is 4.55. The van der Waals surface area contributed by atoms with Crippen LogP contribution in [-0.2, 0) is 4.79 Å². The van der Waals surface area contributed by atoms with E-state index in [2.05, 4.69) is 10.1 Å². The number of rotatable bonds is 2. The van der Waals surface area contributed by atoms with E-state index in [-0.39, 0.29) is 6.54 Å². The maximum absolute atomic E-state index is 11.1. The van der Waals surface area contributed by atoms with Crippen LogP contribution in [0.3, 0.4) is 0 Å². The molecular weight excluding hydrogens is 278 g/mol. The molecule has 1 amide bonds. The molecule has 9 heteroatoms. The van der Waals surface area contributed by atoms with Crippen LogP contribution in [0.1, 0.15) is 5.69 Å². The van der Waals surface area contributed by atoms with E-state index in [0.717, 1.165) is 4.90 Å². The Bertz CT molecular complexity index is 781. The van der Waals surface area contributed by atoms with Gasteiger partial charge in [0, 0.05) is 0 Å². The van der Waals surface area contributed by atoms with Crippen LogP contribution in [0.4, 0.5) is 10.6 Å². The van der Waals surface area contributed by atoms with Crippen molar-refractivity contribution in [2.75, 3.05) is 12.3 Å². The number of aromatic nitrogens is 3. The summed E-state index contributed by atoms with van der Waals surface area (Å²) < 4.78 is 1.51. The van der Waals surface area contributed by atoms with Gasteiger partial charge in [-0.1, -0.05) is 0 Å². The first-order chi connectivity index (χ1) is 9.99. The minimum absolute atomic E-state index is 0.0255. The molecule has 0 fully saturated rings. The van der Waals surface area contributed by atoms with E-state index in [1.165, 1.54) is 16.9 Å². The number of anilines is 1. The lowest BCUT2D eigenvalue weighted by atomic mass is 10.2. The molecular formula is C12H11N5O4. The van der Waals surface area contributed by atoms with Gasteiger partial charge in [0.25, 0.3) is 0 Å². The molecule has 1 unspecified atom stereocenters. The third-order valence-electron chi connectivity index (χ3n) is 3.35. The summed E-state index contributed by atoms with van der Waals surface area (Å²) in [5, 5.41) is 22.2. The van der Waals surface area contributed by atoms with Crippen molar-refractivity contribution in [3.8, 4) is 0 Å². The molecule has 4 N–H and O–H groups in total. The fourth-order valence-electron chi connectivity index (χ4n) is 2.37. The monoisotopic (exact) mass is 289 g/mol. The molecule has 0 spiro atoms. The van der Waals surface area contributed by atoms with Crippen molar-refractivity contribution in [1.82, 2.24) is 19.5 Å². The number of nitrogen functional groups attached to an aromatic ring is 1. The molecule has 2 aromatic heterocycles. The Hall–Kier alpha value is -3.10. The van der Waals surface area contributed by atoms with Gasteiger partial charge in [0.05, 0.1) is 12.2 Å². The summed E-state index contributed by atoms with van der Waals surface area (Å²) in [6.07, 6.45) is 1.39. The Morgan fingerprint density at radius 1 is 1.33 bits per heavy atom. The van der Waals surface area contributed by atoms with E-state index < -0.39 is 18.1 Å². The number of aliphatic carboxylic acids is 1. The van der Waals surface area contributed by atoms with Gasteiger partial charge in [-0.3, -0.25) is 4.90 Å². The lowest BCUT2D eigenvalue weighted by Crippen LogP contribution is -2.40. The number of hydrogen-bond donors (Lipinski definition) is 3. The number of hydrogen-bond acceptors (Lipinski definition) is 5. The fraction of sp³-hybridized carbons (Fsp3) is 0.167. The normalized spacial score (nSPS) is 18.0. The Labute approximate surface area is 117 Å². The third kappa shape index (κ3) is 1.95. The number of carbonyl (C=O) groups is 2. The van der Waals surface area contributed by atoms with Crippen molar-refractivity contribution >= 4 is 29.0 Å². The smallest absolute Gasteiger partial charge is 0.408 e. The molecule has 21 heavy (non-hydrogen) atoms.